The van der Waals surface area contributed by atoms with Crippen molar-refractivity contribution in [2.45, 2.75) is 180 Å². The smallest absolute Gasteiger partial charge is 0.0431 e. The summed E-state index contributed by atoms with van der Waals surface area (Å²) in [6.45, 7) is 6.23. The quantitative estimate of drug-likeness (QED) is 0.107. The molecule has 1 atom stereocenters. The largest absolute Gasteiger partial charge is 0.396 e. The molecule has 0 aromatic heterocycles. The fourth-order valence-electron chi connectivity index (χ4n) is 5.01. The zero-order chi connectivity index (χ0) is 25.7. The molecule has 1 heterocycles. The van der Waals surface area contributed by atoms with Crippen molar-refractivity contribution in [3.05, 3.63) is 12.2 Å². The molecule has 1 rings (SSSR count). The first kappa shape index (κ1) is 34.7. The van der Waals surface area contributed by atoms with Gasteiger partial charge >= 0.3 is 0 Å². The van der Waals surface area contributed by atoms with E-state index in [0.717, 1.165) is 12.5 Å². The van der Waals surface area contributed by atoms with E-state index >= 15 is 0 Å². The minimum absolute atomic E-state index is 0.372. The molecule has 0 spiro atoms. The maximum atomic E-state index is 8.74. The van der Waals surface area contributed by atoms with Crippen molar-refractivity contribution >= 4 is 0 Å². The molecule has 0 aromatic carbocycles. The topological polar surface area (TPSA) is 23.5 Å². The molecule has 2 nitrogen and oxygen atoms in total. The lowest BCUT2D eigenvalue weighted by Gasteiger charge is -2.12. The summed E-state index contributed by atoms with van der Waals surface area (Å²) < 4.78 is 0. The van der Waals surface area contributed by atoms with Crippen LogP contribution in [0.4, 0.5) is 0 Å². The highest BCUT2D eigenvalue weighted by atomic mass is 16.2. The molecule has 35 heavy (non-hydrogen) atoms. The van der Waals surface area contributed by atoms with Crippen LogP contribution in [-0.4, -0.2) is 36.2 Å². The molecule has 2 heteroatoms. The third kappa shape index (κ3) is 28.1. The second-order valence-corrected chi connectivity index (χ2v) is 11.3. The van der Waals surface area contributed by atoms with Gasteiger partial charge in [-0.2, -0.15) is 0 Å². The Morgan fingerprint density at radius 1 is 0.600 bits per heavy atom. The number of hydrogen-bond acceptors (Lipinski definition) is 2. The Labute approximate surface area is 222 Å². The van der Waals surface area contributed by atoms with Gasteiger partial charge in [-0.3, -0.25) is 0 Å². The minimum Gasteiger partial charge on any atom is -0.396 e. The fraction of sp³-hybridized carbons (Fsp3) is 0.939. The summed E-state index contributed by atoms with van der Waals surface area (Å²) in [5.74, 6) is 0. The first-order valence-electron chi connectivity index (χ1n) is 16.2. The molecule has 0 radical (unpaired) electrons. The normalized spacial score (nSPS) is 16.2. The highest BCUT2D eigenvalue weighted by molar-refractivity contribution is 4.81. The van der Waals surface area contributed by atoms with E-state index in [1.54, 1.807) is 0 Å². The number of aliphatic hydroxyl groups is 1. The average Bonchev–Trinajstić information content (AvgIpc) is 3.24. The Morgan fingerprint density at radius 3 is 1.26 bits per heavy atom. The van der Waals surface area contributed by atoms with Crippen LogP contribution in [0.5, 0.6) is 0 Å². The van der Waals surface area contributed by atoms with Crippen molar-refractivity contribution < 1.29 is 5.11 Å². The molecule has 1 aliphatic heterocycles. The van der Waals surface area contributed by atoms with Gasteiger partial charge in [0.2, 0.25) is 0 Å². The van der Waals surface area contributed by atoms with Crippen LogP contribution < -0.4 is 0 Å². The number of unbranched alkanes of at least 4 members (excludes halogenated alkanes) is 21. The van der Waals surface area contributed by atoms with Crippen molar-refractivity contribution in [1.82, 2.24) is 4.90 Å². The van der Waals surface area contributed by atoms with E-state index in [0.29, 0.717) is 6.61 Å². The van der Waals surface area contributed by atoms with Gasteiger partial charge in [-0.1, -0.05) is 141 Å². The molecule has 1 fully saturated rings. The van der Waals surface area contributed by atoms with Crippen LogP contribution in [-0.2, 0) is 0 Å². The van der Waals surface area contributed by atoms with Gasteiger partial charge in [0, 0.05) is 12.6 Å². The summed E-state index contributed by atoms with van der Waals surface area (Å²) >= 11 is 0. The Kier molecular flexibility index (Phi) is 29.6. The van der Waals surface area contributed by atoms with E-state index in [-0.39, 0.29) is 0 Å². The van der Waals surface area contributed by atoms with Crippen LogP contribution in [0.15, 0.2) is 12.2 Å². The van der Waals surface area contributed by atoms with Gasteiger partial charge in [-0.15, -0.1) is 0 Å². The van der Waals surface area contributed by atoms with Crippen molar-refractivity contribution in [2.24, 2.45) is 0 Å². The van der Waals surface area contributed by atoms with Gasteiger partial charge in [0.05, 0.1) is 0 Å². The number of likely N-dealkylation sites (tertiary alicyclic amines) is 1. The summed E-state index contributed by atoms with van der Waals surface area (Å²) in [7, 11) is 2.19. The molecule has 0 amide bonds. The van der Waals surface area contributed by atoms with Crippen LogP contribution in [0.3, 0.4) is 0 Å². The average molecular weight is 494 g/mol. The molecule has 210 valence electrons. The summed E-state index contributed by atoms with van der Waals surface area (Å²) in [5, 5.41) is 8.74. The predicted molar refractivity (Wildman–Crippen MR) is 159 cm³/mol. The zero-order valence-corrected chi connectivity index (χ0v) is 24.7. The van der Waals surface area contributed by atoms with E-state index in [9.17, 15) is 0 Å². The Morgan fingerprint density at radius 2 is 0.971 bits per heavy atom. The summed E-state index contributed by atoms with van der Waals surface area (Å²) in [6.07, 6.45) is 39.4. The number of hydrogen-bond donors (Lipinski definition) is 1. The first-order valence-corrected chi connectivity index (χ1v) is 16.2. The van der Waals surface area contributed by atoms with Gasteiger partial charge in [0.15, 0.2) is 0 Å². The van der Waals surface area contributed by atoms with Crippen molar-refractivity contribution in [3.63, 3.8) is 0 Å². The van der Waals surface area contributed by atoms with Gasteiger partial charge in [0.25, 0.3) is 0 Å². The number of aliphatic hydroxyl groups excluding tert-OH is 1. The molecule has 0 bridgehead atoms. The van der Waals surface area contributed by atoms with E-state index in [1.165, 1.54) is 161 Å². The van der Waals surface area contributed by atoms with Crippen LogP contribution >= 0.6 is 0 Å². The Balaban J connectivity index is 0.00000140. The maximum Gasteiger partial charge on any atom is 0.0431 e. The minimum atomic E-state index is 0.372. The van der Waals surface area contributed by atoms with E-state index in [2.05, 4.69) is 37.9 Å². The van der Waals surface area contributed by atoms with Crippen molar-refractivity contribution in [3.8, 4) is 0 Å². The zero-order valence-electron chi connectivity index (χ0n) is 24.7. The number of allylic oxidation sites excluding steroid dienone is 2. The Bertz CT molecular complexity index is 400. The third-order valence-corrected chi connectivity index (χ3v) is 7.81. The van der Waals surface area contributed by atoms with Gasteiger partial charge in [0.1, 0.15) is 0 Å². The molecule has 0 aromatic rings. The maximum absolute atomic E-state index is 8.74. The number of nitrogens with zero attached hydrogens (tertiary/aromatic N) is 1. The molecular weight excluding hydrogens is 426 g/mol. The first-order chi connectivity index (χ1) is 17.2. The Hall–Kier alpha value is -0.340. The fourth-order valence-corrected chi connectivity index (χ4v) is 5.01. The van der Waals surface area contributed by atoms with Crippen LogP contribution in [0, 0.1) is 0 Å². The lowest BCUT2D eigenvalue weighted by Crippen LogP contribution is -2.20. The van der Waals surface area contributed by atoms with Gasteiger partial charge < -0.3 is 10.0 Å². The lowest BCUT2D eigenvalue weighted by molar-refractivity contribution is 0.282. The van der Waals surface area contributed by atoms with Gasteiger partial charge in [-0.05, 0) is 59.0 Å². The summed E-state index contributed by atoms with van der Waals surface area (Å²) in [5.41, 5.74) is 0. The molecule has 1 N–H and O–H groups in total. The number of rotatable bonds is 24. The summed E-state index contributed by atoms with van der Waals surface area (Å²) in [4.78, 5) is 2.40. The SMILES string of the molecule is CC1CCCN1C.CCCC/C=C\CCCCCCCCCCCCCCCCCCCCCO. The summed E-state index contributed by atoms with van der Waals surface area (Å²) in [6, 6.07) is 0.847. The molecule has 1 unspecified atom stereocenters. The highest BCUT2D eigenvalue weighted by Crippen LogP contribution is 2.15. The molecule has 0 saturated carbocycles. The van der Waals surface area contributed by atoms with Crippen molar-refractivity contribution in [2.75, 3.05) is 20.2 Å². The second kappa shape index (κ2) is 29.9. The lowest BCUT2D eigenvalue weighted by atomic mass is 10.0. The molecule has 1 saturated heterocycles. The molecule has 0 aliphatic carbocycles. The monoisotopic (exact) mass is 494 g/mol. The van der Waals surface area contributed by atoms with Crippen LogP contribution in [0.2, 0.25) is 0 Å². The van der Waals surface area contributed by atoms with E-state index < -0.39 is 0 Å². The molecule has 1 aliphatic rings. The van der Waals surface area contributed by atoms with Crippen LogP contribution in [0.25, 0.3) is 0 Å². The van der Waals surface area contributed by atoms with E-state index in [4.69, 9.17) is 5.11 Å². The predicted octanol–water partition coefficient (Wildman–Crippen LogP) is 10.6. The van der Waals surface area contributed by atoms with Gasteiger partial charge in [-0.25, -0.2) is 0 Å². The molecular formula is C33H67NO. The van der Waals surface area contributed by atoms with Crippen molar-refractivity contribution in [1.29, 1.82) is 0 Å². The van der Waals surface area contributed by atoms with Crippen LogP contribution in [0.1, 0.15) is 174 Å². The standard InChI is InChI=1S/C27H54O.C6H13N/c1-2-3-4-5-6-7-8-9-10-11-12-13-14-15-16-17-18-19-20-21-22-23-24-25-26-27-28;1-6-4-3-5-7(6)2/h5-6,28H,2-4,7-27H2,1H3;6H,3-5H2,1-2H3/b6-5-;. The van der Waals surface area contributed by atoms with E-state index in [1.807, 2.05) is 0 Å². The second-order valence-electron chi connectivity index (χ2n) is 11.3. The third-order valence-electron chi connectivity index (χ3n) is 7.81. The highest BCUT2D eigenvalue weighted by Gasteiger charge is 2.14.